The summed E-state index contributed by atoms with van der Waals surface area (Å²) in [4.78, 5) is 38.5. The number of carbonyl (C=O) groups excluding carboxylic acids is 1. The Morgan fingerprint density at radius 1 is 1.22 bits per heavy atom. The lowest BCUT2D eigenvalue weighted by Crippen LogP contribution is -2.43. The molecule has 1 unspecified atom stereocenters. The molecule has 1 aromatic carbocycles. The number of benzene rings is 1. The van der Waals surface area contributed by atoms with Gasteiger partial charge in [-0.2, -0.15) is 0 Å². The molecule has 27 heavy (non-hydrogen) atoms. The molecular formula is C20H23N3O3S. The van der Waals surface area contributed by atoms with Crippen LogP contribution in [0.25, 0.3) is 15.9 Å². The average molecular weight is 385 g/mol. The van der Waals surface area contributed by atoms with Gasteiger partial charge in [-0.15, -0.1) is 11.3 Å². The normalized spacial score (nSPS) is 12.3. The largest absolute Gasteiger partial charge is 0.352 e. The molecule has 0 aliphatic heterocycles. The van der Waals surface area contributed by atoms with Crippen LogP contribution in [0.15, 0.2) is 39.2 Å². The maximum atomic E-state index is 13.2. The van der Waals surface area contributed by atoms with Crippen molar-refractivity contribution < 1.29 is 4.79 Å². The summed E-state index contributed by atoms with van der Waals surface area (Å²) in [5.74, 6) is -0.246. The van der Waals surface area contributed by atoms with Crippen molar-refractivity contribution in [2.75, 3.05) is 0 Å². The molecular weight excluding hydrogens is 362 g/mol. The van der Waals surface area contributed by atoms with Crippen molar-refractivity contribution in [3.63, 3.8) is 0 Å². The number of nitrogens with one attached hydrogen (secondary N) is 1. The lowest BCUT2D eigenvalue weighted by Gasteiger charge is -2.15. The maximum absolute atomic E-state index is 13.2. The Labute approximate surface area is 161 Å². The molecule has 2 heterocycles. The van der Waals surface area contributed by atoms with Crippen molar-refractivity contribution in [3.05, 3.63) is 61.6 Å². The van der Waals surface area contributed by atoms with Gasteiger partial charge in [-0.1, -0.05) is 24.6 Å². The second kappa shape index (κ2) is 7.52. The number of hydrogen-bond donors (Lipinski definition) is 1. The molecule has 0 bridgehead atoms. The SMILES string of the molecule is CCC(C)NC(=O)Cn1c(=O)n(-c2ccc(C)cc2C)c(=O)c2sccc21. The number of amides is 1. The number of thiophene rings is 1. The van der Waals surface area contributed by atoms with E-state index in [-0.39, 0.29) is 24.1 Å². The topological polar surface area (TPSA) is 73.1 Å². The zero-order valence-corrected chi connectivity index (χ0v) is 16.7. The molecule has 7 heteroatoms. The number of aromatic nitrogens is 2. The van der Waals surface area contributed by atoms with Crippen LogP contribution in [-0.2, 0) is 11.3 Å². The minimum atomic E-state index is -0.503. The molecule has 1 atom stereocenters. The van der Waals surface area contributed by atoms with Crippen LogP contribution in [0.5, 0.6) is 0 Å². The molecule has 1 N–H and O–H groups in total. The molecule has 3 rings (SSSR count). The van der Waals surface area contributed by atoms with Gasteiger partial charge in [0.15, 0.2) is 0 Å². The quantitative estimate of drug-likeness (QED) is 0.734. The summed E-state index contributed by atoms with van der Waals surface area (Å²) in [7, 11) is 0. The molecule has 1 amide bonds. The van der Waals surface area contributed by atoms with Crippen molar-refractivity contribution in [2.45, 2.75) is 46.7 Å². The number of carbonyl (C=O) groups is 1. The lowest BCUT2D eigenvalue weighted by molar-refractivity contribution is -0.122. The summed E-state index contributed by atoms with van der Waals surface area (Å²) in [5, 5.41) is 4.64. The van der Waals surface area contributed by atoms with Gasteiger partial charge in [0.25, 0.3) is 5.56 Å². The third-order valence-corrected chi connectivity index (χ3v) is 5.56. The Hall–Kier alpha value is -2.67. The summed E-state index contributed by atoms with van der Waals surface area (Å²) in [6.07, 6.45) is 0.802. The van der Waals surface area contributed by atoms with Crippen molar-refractivity contribution in [2.24, 2.45) is 0 Å². The van der Waals surface area contributed by atoms with Crippen molar-refractivity contribution in [1.29, 1.82) is 0 Å². The molecule has 6 nitrogen and oxygen atoms in total. The molecule has 0 saturated carbocycles. The average Bonchev–Trinajstić information content (AvgIpc) is 3.10. The van der Waals surface area contributed by atoms with E-state index >= 15 is 0 Å². The van der Waals surface area contributed by atoms with Crippen LogP contribution < -0.4 is 16.6 Å². The van der Waals surface area contributed by atoms with Crippen molar-refractivity contribution >= 4 is 27.5 Å². The molecule has 142 valence electrons. The lowest BCUT2D eigenvalue weighted by atomic mass is 10.1. The summed E-state index contributed by atoms with van der Waals surface area (Å²) >= 11 is 1.28. The Kier molecular flexibility index (Phi) is 5.32. The van der Waals surface area contributed by atoms with Crippen LogP contribution in [0.2, 0.25) is 0 Å². The Morgan fingerprint density at radius 2 is 1.96 bits per heavy atom. The second-order valence-electron chi connectivity index (χ2n) is 6.81. The van der Waals surface area contributed by atoms with Gasteiger partial charge in [-0.05, 0) is 50.3 Å². The van der Waals surface area contributed by atoms with Crippen LogP contribution in [0, 0.1) is 13.8 Å². The van der Waals surface area contributed by atoms with Gasteiger partial charge in [0, 0.05) is 6.04 Å². The summed E-state index contributed by atoms with van der Waals surface area (Å²) in [6.45, 7) is 7.60. The van der Waals surface area contributed by atoms with Crippen LogP contribution in [0.1, 0.15) is 31.4 Å². The minimum Gasteiger partial charge on any atom is -0.352 e. The van der Waals surface area contributed by atoms with E-state index < -0.39 is 5.69 Å². The van der Waals surface area contributed by atoms with E-state index in [1.165, 1.54) is 20.5 Å². The van der Waals surface area contributed by atoms with Gasteiger partial charge in [0.05, 0.1) is 11.2 Å². The van der Waals surface area contributed by atoms with Crippen LogP contribution >= 0.6 is 11.3 Å². The fraction of sp³-hybridized carbons (Fsp3) is 0.350. The fourth-order valence-corrected chi connectivity index (χ4v) is 3.90. The second-order valence-corrected chi connectivity index (χ2v) is 7.73. The molecule has 0 saturated heterocycles. The first kappa shape index (κ1) is 19.1. The van der Waals surface area contributed by atoms with E-state index in [2.05, 4.69) is 5.32 Å². The van der Waals surface area contributed by atoms with E-state index in [1.807, 2.05) is 39.8 Å². The summed E-state index contributed by atoms with van der Waals surface area (Å²) in [6, 6.07) is 7.31. The van der Waals surface area contributed by atoms with Gasteiger partial charge in [-0.3, -0.25) is 14.2 Å². The van der Waals surface area contributed by atoms with Gasteiger partial charge in [0.2, 0.25) is 5.91 Å². The van der Waals surface area contributed by atoms with Gasteiger partial charge >= 0.3 is 5.69 Å². The van der Waals surface area contributed by atoms with Crippen LogP contribution in [0.4, 0.5) is 0 Å². The highest BCUT2D eigenvalue weighted by Crippen LogP contribution is 2.18. The van der Waals surface area contributed by atoms with E-state index in [1.54, 1.807) is 17.5 Å². The third-order valence-electron chi connectivity index (χ3n) is 4.67. The molecule has 3 aromatic rings. The number of rotatable bonds is 5. The van der Waals surface area contributed by atoms with Crippen molar-refractivity contribution in [1.82, 2.24) is 14.5 Å². The van der Waals surface area contributed by atoms with Gasteiger partial charge in [-0.25, -0.2) is 9.36 Å². The highest BCUT2D eigenvalue weighted by molar-refractivity contribution is 7.17. The molecule has 0 fully saturated rings. The number of hydrogen-bond acceptors (Lipinski definition) is 4. The fourth-order valence-electron chi connectivity index (χ4n) is 3.07. The predicted octanol–water partition coefficient (Wildman–Crippen LogP) is 2.75. The van der Waals surface area contributed by atoms with Crippen LogP contribution in [0.3, 0.4) is 0 Å². The van der Waals surface area contributed by atoms with Crippen LogP contribution in [-0.4, -0.2) is 21.1 Å². The number of fused-ring (bicyclic) bond motifs is 1. The summed E-state index contributed by atoms with van der Waals surface area (Å²) < 4.78 is 3.01. The first-order valence-corrected chi connectivity index (χ1v) is 9.81. The minimum absolute atomic E-state index is 0.0245. The zero-order valence-electron chi connectivity index (χ0n) is 15.9. The highest BCUT2D eigenvalue weighted by Gasteiger charge is 2.18. The first-order chi connectivity index (χ1) is 12.8. The Morgan fingerprint density at radius 3 is 2.63 bits per heavy atom. The van der Waals surface area contributed by atoms with E-state index in [0.29, 0.717) is 15.9 Å². The van der Waals surface area contributed by atoms with E-state index in [0.717, 1.165) is 17.5 Å². The van der Waals surface area contributed by atoms with Crippen molar-refractivity contribution in [3.8, 4) is 5.69 Å². The Bertz CT molecular complexity index is 1120. The zero-order chi connectivity index (χ0) is 19.7. The third kappa shape index (κ3) is 3.60. The van der Waals surface area contributed by atoms with E-state index in [9.17, 15) is 14.4 Å². The highest BCUT2D eigenvalue weighted by atomic mass is 32.1. The monoisotopic (exact) mass is 385 g/mol. The van der Waals surface area contributed by atoms with E-state index in [4.69, 9.17) is 0 Å². The first-order valence-electron chi connectivity index (χ1n) is 8.93. The molecule has 0 aliphatic carbocycles. The molecule has 0 aliphatic rings. The molecule has 0 spiro atoms. The molecule has 0 radical (unpaired) electrons. The smallest absolute Gasteiger partial charge is 0.336 e. The Balaban J connectivity index is 2.20. The van der Waals surface area contributed by atoms with Gasteiger partial charge in [0.1, 0.15) is 11.2 Å². The van der Waals surface area contributed by atoms with Gasteiger partial charge < -0.3 is 5.32 Å². The number of nitrogens with zero attached hydrogens (tertiary/aromatic N) is 2. The molecule has 2 aromatic heterocycles. The predicted molar refractivity (Wildman–Crippen MR) is 109 cm³/mol. The standard InChI is InChI=1S/C20H23N3O3S/c1-5-14(4)21-17(24)11-22-16-8-9-27-18(16)19(25)23(20(22)26)15-7-6-12(2)10-13(15)3/h6-10,14H,5,11H2,1-4H3,(H,21,24). The maximum Gasteiger partial charge on any atom is 0.336 e. The number of aryl methyl sites for hydroxylation is 2. The summed E-state index contributed by atoms with van der Waals surface area (Å²) in [5.41, 5.74) is 2.07.